The van der Waals surface area contributed by atoms with Crippen molar-refractivity contribution in [1.82, 2.24) is 5.32 Å². The van der Waals surface area contributed by atoms with Crippen LogP contribution in [0.3, 0.4) is 0 Å². The van der Waals surface area contributed by atoms with Crippen molar-refractivity contribution in [3.8, 4) is 6.07 Å². The predicted octanol–water partition coefficient (Wildman–Crippen LogP) is 1.94. The molecule has 0 saturated heterocycles. The minimum absolute atomic E-state index is 0.0235. The van der Waals surface area contributed by atoms with E-state index in [-0.39, 0.29) is 5.91 Å². The van der Waals surface area contributed by atoms with Gasteiger partial charge in [-0.15, -0.1) is 0 Å². The average Bonchev–Trinajstić information content (AvgIpc) is 2.23. The Labute approximate surface area is 90.3 Å². The summed E-state index contributed by atoms with van der Waals surface area (Å²) in [6.45, 7) is 3.84. The minimum atomic E-state index is -0.657. The number of amides is 1. The highest BCUT2D eigenvalue weighted by Crippen LogP contribution is 2.13. The monoisotopic (exact) mass is 214 g/mol. The number of nitriles is 1. The summed E-state index contributed by atoms with van der Waals surface area (Å²) in [5.41, 5.74) is -0.657. The Morgan fingerprint density at radius 1 is 1.50 bits per heavy atom. The van der Waals surface area contributed by atoms with Crippen LogP contribution in [0.1, 0.15) is 33.1 Å². The van der Waals surface area contributed by atoms with Gasteiger partial charge in [0.15, 0.2) is 0 Å². The van der Waals surface area contributed by atoms with Gasteiger partial charge in [0.25, 0.3) is 0 Å². The number of hydrogen-bond acceptors (Lipinski definition) is 3. The van der Waals surface area contributed by atoms with E-state index in [4.69, 9.17) is 5.26 Å². The number of nitrogens with zero attached hydrogens (tertiary/aromatic N) is 1. The Bertz CT molecular complexity index is 219. The molecule has 0 fully saturated rings. The molecule has 0 atom stereocenters. The summed E-state index contributed by atoms with van der Waals surface area (Å²) < 4.78 is 0. The zero-order valence-corrected chi connectivity index (χ0v) is 9.91. The van der Waals surface area contributed by atoms with E-state index in [1.54, 1.807) is 11.8 Å². The topological polar surface area (TPSA) is 52.9 Å². The summed E-state index contributed by atoms with van der Waals surface area (Å²) in [6.07, 6.45) is 3.77. The molecule has 1 N–H and O–H groups in total. The van der Waals surface area contributed by atoms with Gasteiger partial charge in [0, 0.05) is 12.2 Å². The molecule has 0 unspecified atom stereocenters. The molecule has 0 aliphatic carbocycles. The van der Waals surface area contributed by atoms with Gasteiger partial charge < -0.3 is 5.32 Å². The van der Waals surface area contributed by atoms with E-state index < -0.39 is 5.54 Å². The second-order valence-corrected chi connectivity index (χ2v) is 4.18. The van der Waals surface area contributed by atoms with Crippen molar-refractivity contribution >= 4 is 17.7 Å². The van der Waals surface area contributed by atoms with E-state index >= 15 is 0 Å². The van der Waals surface area contributed by atoms with Crippen molar-refractivity contribution < 1.29 is 4.79 Å². The Kier molecular flexibility index (Phi) is 6.39. The molecule has 0 aliphatic rings. The smallest absolute Gasteiger partial charge is 0.222 e. The first-order valence-electron chi connectivity index (χ1n) is 4.85. The maximum Gasteiger partial charge on any atom is 0.222 e. The lowest BCUT2D eigenvalue weighted by Crippen LogP contribution is -2.46. The minimum Gasteiger partial charge on any atom is -0.338 e. The van der Waals surface area contributed by atoms with Crippen molar-refractivity contribution in [1.29, 1.82) is 5.26 Å². The summed E-state index contributed by atoms with van der Waals surface area (Å²) in [6, 6.07) is 2.18. The SMILES string of the molecule is CCC(C#N)(CC)NC(=O)CCSC. The molecule has 0 rings (SSSR count). The Balaban J connectivity index is 4.18. The summed E-state index contributed by atoms with van der Waals surface area (Å²) >= 11 is 1.64. The number of nitrogens with one attached hydrogen (secondary N) is 1. The molecule has 0 heterocycles. The fourth-order valence-electron chi connectivity index (χ4n) is 1.14. The molecule has 0 aromatic carbocycles. The third kappa shape index (κ3) is 4.01. The first kappa shape index (κ1) is 13.3. The van der Waals surface area contributed by atoms with Gasteiger partial charge in [-0.3, -0.25) is 4.79 Å². The number of carbonyl (C=O) groups excluding carboxylic acids is 1. The predicted molar refractivity (Wildman–Crippen MR) is 60.1 cm³/mol. The van der Waals surface area contributed by atoms with Crippen molar-refractivity contribution in [3.05, 3.63) is 0 Å². The summed E-state index contributed by atoms with van der Waals surface area (Å²) in [7, 11) is 0. The number of carbonyl (C=O) groups is 1. The Hall–Kier alpha value is -0.690. The van der Waals surface area contributed by atoms with Crippen LogP contribution in [0.4, 0.5) is 0 Å². The van der Waals surface area contributed by atoms with Gasteiger partial charge in [-0.2, -0.15) is 17.0 Å². The van der Waals surface area contributed by atoms with Gasteiger partial charge >= 0.3 is 0 Å². The van der Waals surface area contributed by atoms with Gasteiger partial charge in [0.05, 0.1) is 6.07 Å². The van der Waals surface area contributed by atoms with Gasteiger partial charge in [-0.05, 0) is 19.1 Å². The van der Waals surface area contributed by atoms with Crippen LogP contribution >= 0.6 is 11.8 Å². The van der Waals surface area contributed by atoms with E-state index in [2.05, 4.69) is 11.4 Å². The van der Waals surface area contributed by atoms with E-state index in [0.717, 1.165) is 5.75 Å². The van der Waals surface area contributed by atoms with Crippen LogP contribution in [-0.2, 0) is 4.79 Å². The highest BCUT2D eigenvalue weighted by Gasteiger charge is 2.27. The van der Waals surface area contributed by atoms with E-state index in [1.165, 1.54) is 0 Å². The van der Waals surface area contributed by atoms with Crippen molar-refractivity contribution in [3.63, 3.8) is 0 Å². The molecule has 0 bridgehead atoms. The van der Waals surface area contributed by atoms with Crippen LogP contribution in [0, 0.1) is 11.3 Å². The van der Waals surface area contributed by atoms with Crippen LogP contribution in [0.2, 0.25) is 0 Å². The van der Waals surface area contributed by atoms with Crippen LogP contribution in [0.25, 0.3) is 0 Å². The Morgan fingerprint density at radius 3 is 2.43 bits per heavy atom. The molecule has 0 saturated carbocycles. The molecule has 3 nitrogen and oxygen atoms in total. The standard InChI is InChI=1S/C10H18N2OS/c1-4-10(5-2,8-11)12-9(13)6-7-14-3/h4-7H2,1-3H3,(H,12,13). The zero-order chi connectivity index (χ0) is 11.0. The summed E-state index contributed by atoms with van der Waals surface area (Å²) in [5.74, 6) is 0.783. The fraction of sp³-hybridized carbons (Fsp3) is 0.800. The van der Waals surface area contributed by atoms with Crippen molar-refractivity contribution in [2.45, 2.75) is 38.6 Å². The van der Waals surface area contributed by atoms with Crippen molar-refractivity contribution in [2.75, 3.05) is 12.0 Å². The largest absolute Gasteiger partial charge is 0.338 e. The molecule has 1 amide bonds. The first-order chi connectivity index (χ1) is 6.64. The zero-order valence-electron chi connectivity index (χ0n) is 9.09. The molecular weight excluding hydrogens is 196 g/mol. The molecule has 14 heavy (non-hydrogen) atoms. The molecule has 0 aromatic heterocycles. The fourth-order valence-corrected chi connectivity index (χ4v) is 1.53. The third-order valence-electron chi connectivity index (χ3n) is 2.33. The lowest BCUT2D eigenvalue weighted by Gasteiger charge is -2.24. The summed E-state index contributed by atoms with van der Waals surface area (Å²) in [5, 5.41) is 11.8. The lowest BCUT2D eigenvalue weighted by atomic mass is 9.94. The molecule has 0 aromatic rings. The van der Waals surface area contributed by atoms with Gasteiger partial charge in [-0.25, -0.2) is 0 Å². The maximum atomic E-state index is 11.4. The average molecular weight is 214 g/mol. The van der Waals surface area contributed by atoms with Crippen molar-refractivity contribution in [2.24, 2.45) is 0 Å². The Morgan fingerprint density at radius 2 is 2.07 bits per heavy atom. The maximum absolute atomic E-state index is 11.4. The second kappa shape index (κ2) is 6.72. The van der Waals surface area contributed by atoms with E-state index in [1.807, 2.05) is 20.1 Å². The quantitative estimate of drug-likeness (QED) is 0.735. The van der Waals surface area contributed by atoms with E-state index in [0.29, 0.717) is 19.3 Å². The van der Waals surface area contributed by atoms with Gasteiger partial charge in [-0.1, -0.05) is 13.8 Å². The molecule has 0 aliphatic heterocycles. The highest BCUT2D eigenvalue weighted by atomic mass is 32.2. The highest BCUT2D eigenvalue weighted by molar-refractivity contribution is 7.98. The number of rotatable bonds is 6. The third-order valence-corrected chi connectivity index (χ3v) is 2.95. The lowest BCUT2D eigenvalue weighted by molar-refractivity contribution is -0.122. The van der Waals surface area contributed by atoms with Crippen LogP contribution < -0.4 is 5.32 Å². The molecule has 4 heteroatoms. The number of hydrogen-bond donors (Lipinski definition) is 1. The van der Waals surface area contributed by atoms with E-state index in [9.17, 15) is 4.79 Å². The van der Waals surface area contributed by atoms with Gasteiger partial charge in [0.2, 0.25) is 5.91 Å². The normalized spacial score (nSPS) is 10.7. The molecule has 80 valence electrons. The van der Waals surface area contributed by atoms with Crippen LogP contribution in [0.15, 0.2) is 0 Å². The molecule has 0 radical (unpaired) electrons. The van der Waals surface area contributed by atoms with Crippen LogP contribution in [0.5, 0.6) is 0 Å². The molecular formula is C10H18N2OS. The second-order valence-electron chi connectivity index (χ2n) is 3.19. The van der Waals surface area contributed by atoms with Crippen LogP contribution in [-0.4, -0.2) is 23.5 Å². The molecule has 0 spiro atoms. The summed E-state index contributed by atoms with van der Waals surface area (Å²) in [4.78, 5) is 11.4. The van der Waals surface area contributed by atoms with Gasteiger partial charge in [0.1, 0.15) is 5.54 Å². The first-order valence-corrected chi connectivity index (χ1v) is 6.24. The number of thioether (sulfide) groups is 1.